The molecule has 0 bridgehead atoms. The molecule has 1 aliphatic heterocycles. The summed E-state index contributed by atoms with van der Waals surface area (Å²) >= 11 is 0. The quantitative estimate of drug-likeness (QED) is 0.830. The Hall–Kier alpha value is -2.94. The standard InChI is InChI=1S/C16H11F4N3O2/c17-11-3-1-2-4-12(11)21-14(24)10-7-5-9(6-8-10)13-22-15(25-23-13)16(18,19)20/h1-8,13,23H,(H,21,24). The molecule has 5 nitrogen and oxygen atoms in total. The number of nitrogens with zero attached hydrogens (tertiary/aromatic N) is 1. The van der Waals surface area contributed by atoms with Gasteiger partial charge in [0.25, 0.3) is 5.91 Å². The summed E-state index contributed by atoms with van der Waals surface area (Å²) < 4.78 is 51.0. The van der Waals surface area contributed by atoms with E-state index in [9.17, 15) is 22.4 Å². The zero-order valence-electron chi connectivity index (χ0n) is 12.5. The SMILES string of the molecule is O=C(Nc1ccccc1F)c1ccc(C2N=C(C(F)(F)F)ON2)cc1. The van der Waals surface area contributed by atoms with Gasteiger partial charge in [-0.3, -0.25) is 4.79 Å². The van der Waals surface area contributed by atoms with Gasteiger partial charge >= 0.3 is 12.1 Å². The molecule has 25 heavy (non-hydrogen) atoms. The predicted molar refractivity (Wildman–Crippen MR) is 81.2 cm³/mol. The molecule has 1 amide bonds. The molecule has 2 aromatic rings. The van der Waals surface area contributed by atoms with E-state index in [0.29, 0.717) is 5.56 Å². The molecule has 1 atom stereocenters. The number of nitrogens with one attached hydrogen (secondary N) is 2. The van der Waals surface area contributed by atoms with Gasteiger partial charge in [-0.1, -0.05) is 24.3 Å². The van der Waals surface area contributed by atoms with Gasteiger partial charge in [0.05, 0.1) is 5.69 Å². The summed E-state index contributed by atoms with van der Waals surface area (Å²) in [6, 6.07) is 11.3. The molecule has 0 aliphatic carbocycles. The van der Waals surface area contributed by atoms with Crippen LogP contribution < -0.4 is 10.8 Å². The van der Waals surface area contributed by atoms with Gasteiger partial charge in [-0.2, -0.15) is 13.2 Å². The third-order valence-corrected chi connectivity index (χ3v) is 3.37. The highest BCUT2D eigenvalue weighted by atomic mass is 19.4. The molecule has 0 spiro atoms. The Morgan fingerprint density at radius 1 is 1.12 bits per heavy atom. The van der Waals surface area contributed by atoms with Crippen LogP contribution in [0.2, 0.25) is 0 Å². The molecule has 9 heteroatoms. The smallest absolute Gasteiger partial charge is 0.381 e. The van der Waals surface area contributed by atoms with Crippen molar-refractivity contribution in [3.63, 3.8) is 0 Å². The number of carbonyl (C=O) groups excluding carboxylic acids is 1. The highest BCUT2D eigenvalue weighted by molar-refractivity contribution is 6.04. The minimum absolute atomic E-state index is 0.0295. The number of anilines is 1. The van der Waals surface area contributed by atoms with Crippen LogP contribution in [0.3, 0.4) is 0 Å². The topological polar surface area (TPSA) is 62.7 Å². The third kappa shape index (κ3) is 3.77. The zero-order valence-corrected chi connectivity index (χ0v) is 12.5. The van der Waals surface area contributed by atoms with Crippen molar-refractivity contribution in [1.82, 2.24) is 5.48 Å². The maximum atomic E-state index is 13.5. The van der Waals surface area contributed by atoms with E-state index in [1.165, 1.54) is 42.5 Å². The Balaban J connectivity index is 1.72. The number of rotatable bonds is 3. The Kier molecular flexibility index (Phi) is 4.41. The number of hydrogen-bond acceptors (Lipinski definition) is 4. The predicted octanol–water partition coefficient (Wildman–Crippen LogP) is 3.57. The number of carbonyl (C=O) groups is 1. The lowest BCUT2D eigenvalue weighted by Gasteiger charge is -2.09. The van der Waals surface area contributed by atoms with Crippen LogP contribution in [0.5, 0.6) is 0 Å². The Labute approximate surface area is 139 Å². The molecule has 1 unspecified atom stereocenters. The number of halogens is 4. The van der Waals surface area contributed by atoms with Crippen molar-refractivity contribution >= 4 is 17.5 Å². The number of hydrogen-bond donors (Lipinski definition) is 2. The van der Waals surface area contributed by atoms with E-state index in [4.69, 9.17) is 0 Å². The van der Waals surface area contributed by atoms with Gasteiger partial charge < -0.3 is 10.2 Å². The lowest BCUT2D eigenvalue weighted by molar-refractivity contribution is -0.0807. The van der Waals surface area contributed by atoms with Crippen LogP contribution >= 0.6 is 0 Å². The molecule has 0 saturated carbocycles. The second-order valence-corrected chi connectivity index (χ2v) is 5.11. The maximum absolute atomic E-state index is 13.5. The van der Waals surface area contributed by atoms with E-state index >= 15 is 0 Å². The van der Waals surface area contributed by atoms with Crippen molar-refractivity contribution in [2.75, 3.05) is 5.32 Å². The Morgan fingerprint density at radius 3 is 2.40 bits per heavy atom. The van der Waals surface area contributed by atoms with E-state index in [-0.39, 0.29) is 11.3 Å². The average Bonchev–Trinajstić information content (AvgIpc) is 3.07. The van der Waals surface area contributed by atoms with E-state index in [1.807, 2.05) is 0 Å². The van der Waals surface area contributed by atoms with Crippen LogP contribution in [0.25, 0.3) is 0 Å². The normalized spacial score (nSPS) is 17.0. The highest BCUT2D eigenvalue weighted by Gasteiger charge is 2.42. The van der Waals surface area contributed by atoms with Crippen LogP contribution in [-0.4, -0.2) is 18.0 Å². The lowest BCUT2D eigenvalue weighted by atomic mass is 10.1. The number of para-hydroxylation sites is 1. The first-order valence-corrected chi connectivity index (χ1v) is 7.08. The van der Waals surface area contributed by atoms with Crippen LogP contribution in [0.15, 0.2) is 53.5 Å². The van der Waals surface area contributed by atoms with Crippen molar-refractivity contribution in [1.29, 1.82) is 0 Å². The molecule has 0 aromatic heterocycles. The van der Waals surface area contributed by atoms with Crippen molar-refractivity contribution in [3.05, 3.63) is 65.5 Å². The van der Waals surface area contributed by atoms with Crippen LogP contribution in [-0.2, 0) is 4.84 Å². The first-order chi connectivity index (χ1) is 11.8. The summed E-state index contributed by atoms with van der Waals surface area (Å²) in [4.78, 5) is 19.8. The maximum Gasteiger partial charge on any atom is 0.470 e. The van der Waals surface area contributed by atoms with Gasteiger partial charge in [-0.05, 0) is 29.8 Å². The summed E-state index contributed by atoms with van der Waals surface area (Å²) in [5.74, 6) is -2.49. The van der Waals surface area contributed by atoms with E-state index in [1.54, 1.807) is 6.07 Å². The molecule has 0 saturated heterocycles. The van der Waals surface area contributed by atoms with Crippen LogP contribution in [0.1, 0.15) is 22.1 Å². The molecule has 130 valence electrons. The summed E-state index contributed by atoms with van der Waals surface area (Å²) in [6.45, 7) is 0. The molecule has 0 radical (unpaired) electrons. The third-order valence-electron chi connectivity index (χ3n) is 3.37. The van der Waals surface area contributed by atoms with Gasteiger partial charge in [-0.15, -0.1) is 5.48 Å². The van der Waals surface area contributed by atoms with Crippen molar-refractivity contribution < 1.29 is 27.2 Å². The molecule has 0 fully saturated rings. The van der Waals surface area contributed by atoms with E-state index in [2.05, 4.69) is 20.6 Å². The average molecular weight is 353 g/mol. The summed E-state index contributed by atoms with van der Waals surface area (Å²) in [7, 11) is 0. The minimum atomic E-state index is -4.68. The number of hydroxylamine groups is 1. The highest BCUT2D eigenvalue weighted by Crippen LogP contribution is 2.27. The molecular formula is C16H11F4N3O2. The fourth-order valence-electron chi connectivity index (χ4n) is 2.13. The molecule has 1 aliphatic rings. The number of benzene rings is 2. The summed E-state index contributed by atoms with van der Waals surface area (Å²) in [6.07, 6.45) is -5.71. The second-order valence-electron chi connectivity index (χ2n) is 5.11. The first-order valence-electron chi connectivity index (χ1n) is 7.08. The first kappa shape index (κ1) is 16.9. The number of alkyl halides is 3. The van der Waals surface area contributed by atoms with Gasteiger partial charge in [0, 0.05) is 5.56 Å². The monoisotopic (exact) mass is 353 g/mol. The van der Waals surface area contributed by atoms with Crippen LogP contribution in [0, 0.1) is 5.82 Å². The lowest BCUT2D eigenvalue weighted by Crippen LogP contribution is -2.25. The number of aliphatic imine (C=N–C) groups is 1. The second kappa shape index (κ2) is 6.52. The van der Waals surface area contributed by atoms with Crippen LogP contribution in [0.4, 0.5) is 23.2 Å². The number of amides is 1. The van der Waals surface area contributed by atoms with Crippen molar-refractivity contribution in [3.8, 4) is 0 Å². The Bertz CT molecular complexity index is 819. The summed E-state index contributed by atoms with van der Waals surface area (Å²) in [5, 5.41) is 2.41. The molecular weight excluding hydrogens is 342 g/mol. The molecule has 1 heterocycles. The van der Waals surface area contributed by atoms with Crippen molar-refractivity contribution in [2.45, 2.75) is 12.3 Å². The van der Waals surface area contributed by atoms with Gasteiger partial charge in [0.2, 0.25) is 0 Å². The fourth-order valence-corrected chi connectivity index (χ4v) is 2.13. The van der Waals surface area contributed by atoms with E-state index in [0.717, 1.165) is 0 Å². The summed E-state index contributed by atoms with van der Waals surface area (Å²) in [5.41, 5.74) is 2.77. The minimum Gasteiger partial charge on any atom is -0.381 e. The Morgan fingerprint density at radius 2 is 1.80 bits per heavy atom. The van der Waals surface area contributed by atoms with Crippen molar-refractivity contribution in [2.24, 2.45) is 4.99 Å². The zero-order chi connectivity index (χ0) is 18.0. The van der Waals surface area contributed by atoms with Gasteiger partial charge in [-0.25, -0.2) is 9.38 Å². The van der Waals surface area contributed by atoms with E-state index < -0.39 is 30.0 Å². The van der Waals surface area contributed by atoms with Gasteiger partial charge in [0.1, 0.15) is 5.82 Å². The molecule has 3 rings (SSSR count). The fraction of sp³-hybridized carbons (Fsp3) is 0.125. The molecule has 2 aromatic carbocycles. The largest absolute Gasteiger partial charge is 0.470 e. The molecule has 2 N–H and O–H groups in total. The van der Waals surface area contributed by atoms with Gasteiger partial charge in [0.15, 0.2) is 6.17 Å².